The fourth-order valence-electron chi connectivity index (χ4n) is 3.58. The molecule has 3 aromatic carbocycles. The smallest absolute Gasteiger partial charge is 0.128 e. The first-order valence-electron chi connectivity index (χ1n) is 9.52. The van der Waals surface area contributed by atoms with Crippen molar-refractivity contribution in [2.45, 2.75) is 29.6 Å². The number of phenolic OH excluding ortho intramolecular Hbond substituents is 1. The average molecular weight is 405 g/mol. The van der Waals surface area contributed by atoms with Gasteiger partial charge in [0.15, 0.2) is 0 Å². The first-order valence-corrected chi connectivity index (χ1v) is 11.2. The van der Waals surface area contributed by atoms with Crippen molar-refractivity contribution in [3.8, 4) is 16.3 Å². The average Bonchev–Trinajstić information content (AvgIpc) is 3.15. The normalized spacial score (nSPS) is 12.8. The Bertz CT molecular complexity index is 1140. The van der Waals surface area contributed by atoms with Crippen LogP contribution in [0.2, 0.25) is 0 Å². The molecule has 0 radical (unpaired) electrons. The molecule has 0 unspecified atom stereocenters. The van der Waals surface area contributed by atoms with Gasteiger partial charge in [-0.25, -0.2) is 4.98 Å². The number of rotatable bonds is 4. The van der Waals surface area contributed by atoms with E-state index in [9.17, 15) is 5.11 Å². The standard InChI is InChI=1S/C23H20N2OS2/c1-2-3-12-25-17-9-5-7-11-21(17)27-22-13-15(19(26)14-18(22)25)23-24-16-8-4-6-10-20(16)28-23/h4-11,13-14,26H,2-3,12H2,1H3. The highest BCUT2D eigenvalue weighted by Gasteiger charge is 2.25. The molecule has 1 aliphatic rings. The van der Waals surface area contributed by atoms with Crippen LogP contribution in [0.15, 0.2) is 70.5 Å². The van der Waals surface area contributed by atoms with Crippen LogP contribution in [-0.2, 0) is 0 Å². The summed E-state index contributed by atoms with van der Waals surface area (Å²) in [5.41, 5.74) is 4.09. The van der Waals surface area contributed by atoms with Crippen molar-refractivity contribution in [1.29, 1.82) is 0 Å². The van der Waals surface area contributed by atoms with Gasteiger partial charge in [-0.05, 0) is 36.8 Å². The molecule has 28 heavy (non-hydrogen) atoms. The van der Waals surface area contributed by atoms with Crippen LogP contribution in [0.3, 0.4) is 0 Å². The van der Waals surface area contributed by atoms with Crippen LogP contribution in [0.1, 0.15) is 19.8 Å². The maximum absolute atomic E-state index is 10.9. The van der Waals surface area contributed by atoms with Crippen LogP contribution >= 0.6 is 23.1 Å². The highest BCUT2D eigenvalue weighted by molar-refractivity contribution is 7.99. The molecule has 0 saturated carbocycles. The van der Waals surface area contributed by atoms with E-state index in [1.54, 1.807) is 23.1 Å². The minimum Gasteiger partial charge on any atom is -0.507 e. The van der Waals surface area contributed by atoms with Crippen LogP contribution in [0.5, 0.6) is 5.75 Å². The lowest BCUT2D eigenvalue weighted by Crippen LogP contribution is -2.21. The summed E-state index contributed by atoms with van der Waals surface area (Å²) >= 11 is 3.39. The Labute approximate surface area is 172 Å². The van der Waals surface area contributed by atoms with E-state index in [0.717, 1.165) is 45.9 Å². The van der Waals surface area contributed by atoms with Gasteiger partial charge in [-0.15, -0.1) is 11.3 Å². The zero-order valence-electron chi connectivity index (χ0n) is 15.6. The molecule has 0 amide bonds. The molecule has 0 atom stereocenters. The van der Waals surface area contributed by atoms with E-state index in [0.29, 0.717) is 5.75 Å². The fourth-order valence-corrected chi connectivity index (χ4v) is 5.69. The third-order valence-electron chi connectivity index (χ3n) is 5.00. The molecule has 0 spiro atoms. The van der Waals surface area contributed by atoms with Crippen molar-refractivity contribution >= 4 is 44.7 Å². The number of unbranched alkanes of at least 4 members (excludes halogenated alkanes) is 1. The van der Waals surface area contributed by atoms with Crippen molar-refractivity contribution in [3.63, 3.8) is 0 Å². The van der Waals surface area contributed by atoms with Crippen molar-refractivity contribution in [1.82, 2.24) is 4.98 Å². The molecule has 0 aliphatic carbocycles. The monoisotopic (exact) mass is 404 g/mol. The second-order valence-corrected chi connectivity index (χ2v) is 9.01. The molecule has 0 bridgehead atoms. The van der Waals surface area contributed by atoms with Gasteiger partial charge in [-0.1, -0.05) is 49.4 Å². The summed E-state index contributed by atoms with van der Waals surface area (Å²) in [6, 6.07) is 20.6. The van der Waals surface area contributed by atoms with E-state index in [1.165, 1.54) is 15.5 Å². The third kappa shape index (κ3) is 2.95. The van der Waals surface area contributed by atoms with Gasteiger partial charge < -0.3 is 10.0 Å². The molecule has 5 heteroatoms. The summed E-state index contributed by atoms with van der Waals surface area (Å²) in [7, 11) is 0. The number of thiazole rings is 1. The van der Waals surface area contributed by atoms with Crippen LogP contribution in [0.25, 0.3) is 20.8 Å². The number of para-hydroxylation sites is 2. The second-order valence-electron chi connectivity index (χ2n) is 6.90. The predicted octanol–water partition coefficient (Wildman–Crippen LogP) is 7.07. The predicted molar refractivity (Wildman–Crippen MR) is 119 cm³/mol. The van der Waals surface area contributed by atoms with Crippen LogP contribution in [0.4, 0.5) is 11.4 Å². The number of anilines is 2. The number of fused-ring (bicyclic) bond motifs is 3. The Morgan fingerprint density at radius 3 is 2.64 bits per heavy atom. The quantitative estimate of drug-likeness (QED) is 0.394. The number of hydrogen-bond donors (Lipinski definition) is 1. The molecule has 2 heterocycles. The van der Waals surface area contributed by atoms with Gasteiger partial charge in [-0.3, -0.25) is 0 Å². The van der Waals surface area contributed by atoms with Gasteiger partial charge in [0.25, 0.3) is 0 Å². The Hall–Kier alpha value is -2.50. The highest BCUT2D eigenvalue weighted by Crippen LogP contribution is 2.51. The van der Waals surface area contributed by atoms with Gasteiger partial charge in [0.05, 0.1) is 27.2 Å². The van der Waals surface area contributed by atoms with Gasteiger partial charge in [0, 0.05) is 22.4 Å². The summed E-state index contributed by atoms with van der Waals surface area (Å²) in [5, 5.41) is 11.7. The van der Waals surface area contributed by atoms with Gasteiger partial charge in [-0.2, -0.15) is 0 Å². The van der Waals surface area contributed by atoms with E-state index in [4.69, 9.17) is 4.98 Å². The molecule has 5 rings (SSSR count). The summed E-state index contributed by atoms with van der Waals surface area (Å²) in [4.78, 5) is 9.51. The van der Waals surface area contributed by atoms with Gasteiger partial charge >= 0.3 is 0 Å². The topological polar surface area (TPSA) is 36.4 Å². The number of benzene rings is 3. The van der Waals surface area contributed by atoms with E-state index in [2.05, 4.69) is 48.2 Å². The third-order valence-corrected chi connectivity index (χ3v) is 7.19. The fraction of sp³-hybridized carbons (Fsp3) is 0.174. The lowest BCUT2D eigenvalue weighted by molar-refractivity contribution is 0.477. The molecule has 4 aromatic rings. The molecule has 140 valence electrons. The van der Waals surface area contributed by atoms with E-state index in [1.807, 2.05) is 24.3 Å². The largest absolute Gasteiger partial charge is 0.507 e. The maximum atomic E-state index is 10.9. The molecule has 1 aliphatic heterocycles. The number of hydrogen-bond acceptors (Lipinski definition) is 5. The Morgan fingerprint density at radius 2 is 1.79 bits per heavy atom. The van der Waals surface area contributed by atoms with Crippen molar-refractivity contribution in [2.75, 3.05) is 11.4 Å². The second kappa shape index (κ2) is 7.15. The number of nitrogens with zero attached hydrogens (tertiary/aromatic N) is 2. The Balaban J connectivity index is 1.63. The molecule has 1 N–H and O–H groups in total. The zero-order valence-corrected chi connectivity index (χ0v) is 17.2. The molecular formula is C23H20N2OS2. The van der Waals surface area contributed by atoms with Gasteiger partial charge in [0.1, 0.15) is 10.8 Å². The minimum absolute atomic E-state index is 0.291. The van der Waals surface area contributed by atoms with Crippen molar-refractivity contribution < 1.29 is 5.11 Å². The number of phenols is 1. The maximum Gasteiger partial charge on any atom is 0.128 e. The van der Waals surface area contributed by atoms with E-state index < -0.39 is 0 Å². The summed E-state index contributed by atoms with van der Waals surface area (Å²) < 4.78 is 1.14. The van der Waals surface area contributed by atoms with Crippen LogP contribution in [0, 0.1) is 0 Å². The van der Waals surface area contributed by atoms with Crippen LogP contribution in [-0.4, -0.2) is 16.6 Å². The van der Waals surface area contributed by atoms with E-state index >= 15 is 0 Å². The first kappa shape index (κ1) is 17.6. The molecule has 3 nitrogen and oxygen atoms in total. The number of aromatic hydroxyl groups is 1. The zero-order chi connectivity index (χ0) is 19.1. The number of aromatic nitrogens is 1. The molecular weight excluding hydrogens is 384 g/mol. The van der Waals surface area contributed by atoms with Crippen molar-refractivity contribution in [3.05, 3.63) is 60.7 Å². The lowest BCUT2D eigenvalue weighted by atomic mass is 10.1. The molecule has 0 fully saturated rings. The Kier molecular flexibility index (Phi) is 4.49. The summed E-state index contributed by atoms with van der Waals surface area (Å²) in [5.74, 6) is 0.291. The SMILES string of the molecule is CCCCN1c2ccccc2Sc2cc(-c3nc4ccccc4s3)c(O)cc21. The lowest BCUT2D eigenvalue weighted by Gasteiger charge is -2.33. The van der Waals surface area contributed by atoms with Gasteiger partial charge in [0.2, 0.25) is 0 Å². The minimum atomic E-state index is 0.291. The molecule has 0 saturated heterocycles. The molecule has 1 aromatic heterocycles. The van der Waals surface area contributed by atoms with Crippen LogP contribution < -0.4 is 4.90 Å². The van der Waals surface area contributed by atoms with Crippen molar-refractivity contribution in [2.24, 2.45) is 0 Å². The summed E-state index contributed by atoms with van der Waals surface area (Å²) in [6.07, 6.45) is 2.25. The van der Waals surface area contributed by atoms with E-state index in [-0.39, 0.29) is 0 Å². The summed E-state index contributed by atoms with van der Waals surface area (Å²) in [6.45, 7) is 3.15. The Morgan fingerprint density at radius 1 is 0.964 bits per heavy atom. The highest BCUT2D eigenvalue weighted by atomic mass is 32.2. The first-order chi connectivity index (χ1) is 13.7.